The second-order valence-corrected chi connectivity index (χ2v) is 6.51. The highest BCUT2D eigenvalue weighted by Crippen LogP contribution is 2.23. The Bertz CT molecular complexity index is 851. The fourth-order valence-electron chi connectivity index (χ4n) is 2.23. The molecule has 0 aliphatic rings. The van der Waals surface area contributed by atoms with Gasteiger partial charge < -0.3 is 9.88 Å². The Morgan fingerprint density at radius 2 is 2.00 bits per heavy atom. The summed E-state index contributed by atoms with van der Waals surface area (Å²) < 4.78 is 1.87. The topological polar surface area (TPSA) is 72.7 Å². The molecule has 0 radical (unpaired) electrons. The molecule has 6 nitrogen and oxygen atoms in total. The summed E-state index contributed by atoms with van der Waals surface area (Å²) in [5, 5.41) is 12.2. The summed E-state index contributed by atoms with van der Waals surface area (Å²) >= 11 is 6.87. The van der Waals surface area contributed by atoms with Crippen molar-refractivity contribution >= 4 is 28.6 Å². The Morgan fingerprint density at radius 3 is 2.68 bits per heavy atom. The van der Waals surface area contributed by atoms with E-state index in [1.165, 1.54) is 0 Å². The minimum atomic E-state index is -0.190. The summed E-state index contributed by atoms with van der Waals surface area (Å²) in [6.45, 7) is 3.05. The Kier molecular flexibility index (Phi) is 5.67. The number of aromatic nitrogens is 4. The maximum absolute atomic E-state index is 12.2. The van der Waals surface area contributed by atoms with E-state index in [4.69, 9.17) is 11.6 Å². The first-order valence-electron chi connectivity index (χ1n) is 7.72. The third kappa shape index (κ3) is 4.37. The van der Waals surface area contributed by atoms with Crippen LogP contribution in [0.5, 0.6) is 0 Å². The van der Waals surface area contributed by atoms with Crippen molar-refractivity contribution in [1.82, 2.24) is 25.1 Å². The van der Waals surface area contributed by atoms with Crippen LogP contribution in [0.3, 0.4) is 0 Å². The molecule has 0 spiro atoms. The molecule has 0 aliphatic carbocycles. The third-order valence-electron chi connectivity index (χ3n) is 3.46. The molecule has 1 amide bonds. The van der Waals surface area contributed by atoms with Crippen molar-refractivity contribution in [3.8, 4) is 11.5 Å². The number of hydrogen-bond acceptors (Lipinski definition) is 5. The smallest absolute Gasteiger partial charge is 0.287 e. The molecule has 8 heteroatoms. The number of halogens is 1. The molecule has 2 heterocycles. The van der Waals surface area contributed by atoms with Crippen molar-refractivity contribution < 1.29 is 4.79 Å². The van der Waals surface area contributed by atoms with Gasteiger partial charge in [-0.3, -0.25) is 9.78 Å². The van der Waals surface area contributed by atoms with E-state index in [0.29, 0.717) is 29.1 Å². The van der Waals surface area contributed by atoms with Gasteiger partial charge >= 0.3 is 0 Å². The standard InChI is InChI=1S/C17H16ClN5OS/c1-2-23-15(14-5-3-4-10-19-14)21-22-16(23)25-17(24)20-11-12-6-8-13(18)9-7-12/h3-10H,2,11H2,1H3,(H,20,24). The van der Waals surface area contributed by atoms with E-state index >= 15 is 0 Å². The van der Waals surface area contributed by atoms with Crippen molar-refractivity contribution in [2.75, 3.05) is 0 Å². The summed E-state index contributed by atoms with van der Waals surface area (Å²) in [7, 11) is 0. The first-order chi connectivity index (χ1) is 12.2. The quantitative estimate of drug-likeness (QED) is 0.684. The normalized spacial score (nSPS) is 10.6. The molecule has 128 valence electrons. The molecule has 0 atom stereocenters. The van der Waals surface area contributed by atoms with Gasteiger partial charge in [-0.1, -0.05) is 29.8 Å². The van der Waals surface area contributed by atoms with Crippen LogP contribution in [0.15, 0.2) is 53.8 Å². The van der Waals surface area contributed by atoms with Crippen LogP contribution in [0.2, 0.25) is 5.02 Å². The van der Waals surface area contributed by atoms with Crippen molar-refractivity contribution in [2.24, 2.45) is 0 Å². The van der Waals surface area contributed by atoms with Crippen LogP contribution in [0, 0.1) is 0 Å². The lowest BCUT2D eigenvalue weighted by Crippen LogP contribution is -2.18. The molecule has 2 aromatic heterocycles. The van der Waals surface area contributed by atoms with E-state index in [0.717, 1.165) is 23.0 Å². The Hall–Kier alpha value is -2.38. The van der Waals surface area contributed by atoms with Crippen molar-refractivity contribution in [3.63, 3.8) is 0 Å². The minimum Gasteiger partial charge on any atom is -0.343 e. The van der Waals surface area contributed by atoms with E-state index in [9.17, 15) is 4.79 Å². The highest BCUT2D eigenvalue weighted by atomic mass is 35.5. The van der Waals surface area contributed by atoms with Gasteiger partial charge in [0.1, 0.15) is 5.69 Å². The lowest BCUT2D eigenvalue weighted by Gasteiger charge is -2.07. The van der Waals surface area contributed by atoms with E-state index in [1.54, 1.807) is 18.3 Å². The number of hydrogen-bond donors (Lipinski definition) is 1. The number of nitrogens with one attached hydrogen (secondary N) is 1. The van der Waals surface area contributed by atoms with Crippen LogP contribution in [0.1, 0.15) is 12.5 Å². The number of pyridine rings is 1. The van der Waals surface area contributed by atoms with E-state index in [1.807, 2.05) is 41.8 Å². The summed E-state index contributed by atoms with van der Waals surface area (Å²) in [6.07, 6.45) is 1.70. The molecule has 1 aromatic carbocycles. The average molecular weight is 374 g/mol. The van der Waals surface area contributed by atoms with Gasteiger partial charge in [0.05, 0.1) is 0 Å². The van der Waals surface area contributed by atoms with E-state index in [2.05, 4.69) is 20.5 Å². The fourth-order valence-corrected chi connectivity index (χ4v) is 3.07. The van der Waals surface area contributed by atoms with Gasteiger partial charge in [-0.05, 0) is 36.8 Å². The van der Waals surface area contributed by atoms with Crippen LogP contribution in [-0.2, 0) is 13.1 Å². The summed E-state index contributed by atoms with van der Waals surface area (Å²) in [5.41, 5.74) is 1.70. The van der Waals surface area contributed by atoms with Crippen LogP contribution in [0.4, 0.5) is 4.79 Å². The van der Waals surface area contributed by atoms with Crippen molar-refractivity contribution in [2.45, 2.75) is 25.2 Å². The van der Waals surface area contributed by atoms with Gasteiger partial charge in [-0.25, -0.2) is 0 Å². The number of nitrogens with zero attached hydrogens (tertiary/aromatic N) is 4. The predicted molar refractivity (Wildman–Crippen MR) is 98.5 cm³/mol. The Labute approximate surface area is 154 Å². The van der Waals surface area contributed by atoms with Gasteiger partial charge in [-0.2, -0.15) is 0 Å². The van der Waals surface area contributed by atoms with Crippen LogP contribution >= 0.6 is 23.4 Å². The lowest BCUT2D eigenvalue weighted by atomic mass is 10.2. The first kappa shape index (κ1) is 17.4. The van der Waals surface area contributed by atoms with E-state index in [-0.39, 0.29) is 5.24 Å². The summed E-state index contributed by atoms with van der Waals surface area (Å²) in [6, 6.07) is 12.9. The Balaban J connectivity index is 1.67. The molecule has 0 saturated heterocycles. The zero-order valence-corrected chi connectivity index (χ0v) is 15.1. The zero-order chi connectivity index (χ0) is 17.6. The maximum atomic E-state index is 12.2. The molecule has 0 aliphatic heterocycles. The fraction of sp³-hybridized carbons (Fsp3) is 0.176. The van der Waals surface area contributed by atoms with Crippen LogP contribution < -0.4 is 5.32 Å². The molecule has 0 fully saturated rings. The molecule has 3 aromatic rings. The first-order valence-corrected chi connectivity index (χ1v) is 8.91. The van der Waals surface area contributed by atoms with Gasteiger partial charge in [0.15, 0.2) is 5.82 Å². The second kappa shape index (κ2) is 8.13. The summed E-state index contributed by atoms with van der Waals surface area (Å²) in [5.74, 6) is 0.649. The second-order valence-electron chi connectivity index (χ2n) is 5.13. The third-order valence-corrected chi connectivity index (χ3v) is 4.53. The predicted octanol–water partition coefficient (Wildman–Crippen LogP) is 4.02. The minimum absolute atomic E-state index is 0.190. The average Bonchev–Trinajstić information content (AvgIpc) is 3.04. The molecular weight excluding hydrogens is 358 g/mol. The zero-order valence-electron chi connectivity index (χ0n) is 13.5. The van der Waals surface area contributed by atoms with Crippen LogP contribution in [0.25, 0.3) is 11.5 Å². The SMILES string of the molecule is CCn1c(SC(=O)NCc2ccc(Cl)cc2)nnc1-c1ccccn1. The maximum Gasteiger partial charge on any atom is 0.287 e. The van der Waals surface area contributed by atoms with Crippen molar-refractivity contribution in [3.05, 3.63) is 59.2 Å². The molecule has 3 rings (SSSR count). The molecule has 25 heavy (non-hydrogen) atoms. The molecule has 0 saturated carbocycles. The number of thioether (sulfide) groups is 1. The highest BCUT2D eigenvalue weighted by Gasteiger charge is 2.16. The van der Waals surface area contributed by atoms with Crippen molar-refractivity contribution in [1.29, 1.82) is 0 Å². The summed E-state index contributed by atoms with van der Waals surface area (Å²) in [4.78, 5) is 16.5. The van der Waals surface area contributed by atoms with Gasteiger partial charge in [-0.15, -0.1) is 10.2 Å². The molecule has 1 N–H and O–H groups in total. The number of amides is 1. The van der Waals surface area contributed by atoms with Crippen LogP contribution in [-0.4, -0.2) is 25.0 Å². The number of carbonyl (C=O) groups excluding carboxylic acids is 1. The number of benzene rings is 1. The Morgan fingerprint density at radius 1 is 1.20 bits per heavy atom. The monoisotopic (exact) mass is 373 g/mol. The van der Waals surface area contributed by atoms with E-state index < -0.39 is 0 Å². The number of carbonyl (C=O) groups is 1. The largest absolute Gasteiger partial charge is 0.343 e. The van der Waals surface area contributed by atoms with Gasteiger partial charge in [0.2, 0.25) is 5.16 Å². The lowest BCUT2D eigenvalue weighted by molar-refractivity contribution is 0.260. The molecule has 0 bridgehead atoms. The number of rotatable bonds is 5. The van der Waals surface area contributed by atoms with Gasteiger partial charge in [0.25, 0.3) is 5.24 Å². The molecular formula is C17H16ClN5OS. The molecule has 0 unspecified atom stereocenters. The highest BCUT2D eigenvalue weighted by molar-refractivity contribution is 8.13. The van der Waals surface area contributed by atoms with Gasteiger partial charge in [0, 0.05) is 36.1 Å².